The first kappa shape index (κ1) is 17.4. The van der Waals surface area contributed by atoms with Gasteiger partial charge in [-0.3, -0.25) is 14.6 Å². The fourth-order valence-corrected chi connectivity index (χ4v) is 4.98. The molecule has 0 aromatic carbocycles. The van der Waals surface area contributed by atoms with E-state index in [1.807, 2.05) is 18.6 Å². The van der Waals surface area contributed by atoms with E-state index in [1.54, 1.807) is 0 Å². The number of fused-ring (bicyclic) bond motifs is 1. The van der Waals surface area contributed by atoms with Crippen LogP contribution in [0.5, 0.6) is 0 Å². The first-order valence-electron chi connectivity index (χ1n) is 10.5. The van der Waals surface area contributed by atoms with Crippen molar-refractivity contribution in [1.29, 1.82) is 0 Å². The summed E-state index contributed by atoms with van der Waals surface area (Å²) in [6, 6.07) is 4.66. The second kappa shape index (κ2) is 7.36. The van der Waals surface area contributed by atoms with Gasteiger partial charge in [-0.15, -0.1) is 0 Å². The van der Waals surface area contributed by atoms with Crippen molar-refractivity contribution in [2.45, 2.75) is 51.3 Å². The highest BCUT2D eigenvalue weighted by Crippen LogP contribution is 2.43. The fraction of sp³-hybridized carbons (Fsp3) is 0.636. The smallest absolute Gasteiger partial charge is 0.0802 e. The molecule has 2 saturated carbocycles. The lowest BCUT2D eigenvalue weighted by molar-refractivity contribution is -0.0371. The molecule has 1 saturated heterocycles. The van der Waals surface area contributed by atoms with Crippen LogP contribution >= 0.6 is 0 Å². The van der Waals surface area contributed by atoms with Crippen molar-refractivity contribution in [2.24, 2.45) is 17.8 Å². The third-order valence-corrected chi connectivity index (χ3v) is 6.63. The van der Waals surface area contributed by atoms with Gasteiger partial charge in [0.15, 0.2) is 0 Å². The molecule has 5 nitrogen and oxygen atoms in total. The molecule has 27 heavy (non-hydrogen) atoms. The van der Waals surface area contributed by atoms with Crippen molar-refractivity contribution in [3.05, 3.63) is 48.0 Å². The van der Waals surface area contributed by atoms with Crippen molar-refractivity contribution in [1.82, 2.24) is 19.7 Å². The quantitative estimate of drug-likeness (QED) is 0.785. The molecular weight excluding hydrogens is 336 g/mol. The van der Waals surface area contributed by atoms with Crippen molar-refractivity contribution in [3.63, 3.8) is 0 Å². The van der Waals surface area contributed by atoms with Gasteiger partial charge >= 0.3 is 0 Å². The molecule has 3 heterocycles. The van der Waals surface area contributed by atoms with Crippen LogP contribution in [-0.2, 0) is 11.3 Å². The Morgan fingerprint density at radius 3 is 2.59 bits per heavy atom. The van der Waals surface area contributed by atoms with E-state index in [0.29, 0.717) is 12.1 Å². The van der Waals surface area contributed by atoms with Crippen LogP contribution < -0.4 is 0 Å². The summed E-state index contributed by atoms with van der Waals surface area (Å²) < 4.78 is 8.65. The molecule has 2 aromatic heterocycles. The number of nitrogens with zero attached hydrogens (tertiary/aromatic N) is 4. The Kier molecular flexibility index (Phi) is 4.74. The SMILES string of the molecule is Cc1cnn([C@H]2C[C@H]3CN(Cc4ccncc4)C[C@H]3C[C@@H]2OCC2CC2)c1. The van der Waals surface area contributed by atoms with Crippen molar-refractivity contribution in [3.8, 4) is 0 Å². The molecule has 0 bridgehead atoms. The van der Waals surface area contributed by atoms with Gasteiger partial charge in [0.05, 0.1) is 18.3 Å². The molecule has 3 fully saturated rings. The lowest BCUT2D eigenvalue weighted by atomic mass is 9.77. The summed E-state index contributed by atoms with van der Waals surface area (Å²) in [5, 5.41) is 4.65. The number of likely N-dealkylation sites (tertiary alicyclic amines) is 1. The summed E-state index contributed by atoms with van der Waals surface area (Å²) >= 11 is 0. The minimum Gasteiger partial charge on any atom is -0.376 e. The van der Waals surface area contributed by atoms with Crippen LogP contribution in [0.3, 0.4) is 0 Å². The van der Waals surface area contributed by atoms with Gasteiger partial charge < -0.3 is 4.74 Å². The van der Waals surface area contributed by atoms with E-state index in [9.17, 15) is 0 Å². The number of hydrogen-bond donors (Lipinski definition) is 0. The average molecular weight is 367 g/mol. The van der Waals surface area contributed by atoms with Crippen LogP contribution in [0.4, 0.5) is 0 Å². The number of rotatable bonds is 6. The zero-order chi connectivity index (χ0) is 18.2. The Bertz CT molecular complexity index is 757. The summed E-state index contributed by atoms with van der Waals surface area (Å²) in [5.41, 5.74) is 2.60. The second-order valence-electron chi connectivity index (χ2n) is 8.92. The fourth-order valence-electron chi connectivity index (χ4n) is 4.98. The van der Waals surface area contributed by atoms with E-state index < -0.39 is 0 Å². The predicted octanol–water partition coefficient (Wildman–Crippen LogP) is 3.46. The summed E-state index contributed by atoms with van der Waals surface area (Å²) in [5.74, 6) is 2.32. The Balaban J connectivity index is 1.28. The minimum atomic E-state index is 0.312. The lowest BCUT2D eigenvalue weighted by Crippen LogP contribution is -2.38. The number of ether oxygens (including phenoxy) is 1. The van der Waals surface area contributed by atoms with Crippen LogP contribution in [0.25, 0.3) is 0 Å². The average Bonchev–Trinajstić information content (AvgIpc) is 3.28. The Hall–Kier alpha value is -1.72. The van der Waals surface area contributed by atoms with E-state index in [2.05, 4.69) is 44.9 Å². The van der Waals surface area contributed by atoms with Gasteiger partial charge in [-0.2, -0.15) is 5.10 Å². The molecule has 0 unspecified atom stereocenters. The van der Waals surface area contributed by atoms with E-state index in [-0.39, 0.29) is 0 Å². The third-order valence-electron chi connectivity index (χ3n) is 6.63. The molecule has 5 heteroatoms. The second-order valence-corrected chi connectivity index (χ2v) is 8.92. The largest absolute Gasteiger partial charge is 0.376 e. The van der Waals surface area contributed by atoms with Crippen molar-refractivity contribution in [2.75, 3.05) is 19.7 Å². The van der Waals surface area contributed by atoms with Gasteiger partial charge in [0.1, 0.15) is 0 Å². The van der Waals surface area contributed by atoms with Gasteiger partial charge in [0.2, 0.25) is 0 Å². The first-order valence-corrected chi connectivity index (χ1v) is 10.5. The van der Waals surface area contributed by atoms with Crippen LogP contribution in [0, 0.1) is 24.7 Å². The predicted molar refractivity (Wildman–Crippen MR) is 104 cm³/mol. The summed E-state index contributed by atoms with van der Waals surface area (Å²) in [6.45, 7) is 6.50. The molecule has 5 rings (SSSR count). The van der Waals surface area contributed by atoms with Gasteiger partial charge in [-0.25, -0.2) is 0 Å². The molecule has 3 aliphatic rings. The summed E-state index contributed by atoms with van der Waals surface area (Å²) in [4.78, 5) is 6.77. The minimum absolute atomic E-state index is 0.312. The Labute approximate surface area is 161 Å². The summed E-state index contributed by atoms with van der Waals surface area (Å²) in [6.07, 6.45) is 13.4. The Morgan fingerprint density at radius 2 is 1.89 bits per heavy atom. The van der Waals surface area contributed by atoms with E-state index in [0.717, 1.165) is 30.9 Å². The van der Waals surface area contributed by atoms with Crippen molar-refractivity contribution < 1.29 is 4.74 Å². The molecule has 0 radical (unpaired) electrons. The first-order chi connectivity index (χ1) is 13.2. The van der Waals surface area contributed by atoms with Crippen LogP contribution in [-0.4, -0.2) is 45.5 Å². The summed E-state index contributed by atoms with van der Waals surface area (Å²) in [7, 11) is 0. The molecular formula is C22H30N4O. The zero-order valence-electron chi connectivity index (χ0n) is 16.2. The monoisotopic (exact) mass is 366 g/mol. The van der Waals surface area contributed by atoms with Gasteiger partial charge in [0, 0.05) is 44.8 Å². The maximum absolute atomic E-state index is 6.46. The maximum atomic E-state index is 6.46. The Morgan fingerprint density at radius 1 is 1.11 bits per heavy atom. The number of aromatic nitrogens is 3. The molecule has 144 valence electrons. The van der Waals surface area contributed by atoms with Crippen LogP contribution in [0.15, 0.2) is 36.9 Å². The van der Waals surface area contributed by atoms with E-state index in [4.69, 9.17) is 4.74 Å². The molecule has 2 aromatic rings. The highest BCUT2D eigenvalue weighted by atomic mass is 16.5. The molecule has 2 aliphatic carbocycles. The molecule has 0 N–H and O–H groups in total. The standard InChI is InChI=1S/C22H30N4O/c1-16-10-24-26(11-16)21-8-19-13-25(12-17-4-6-23-7-5-17)14-20(19)9-22(21)27-15-18-2-3-18/h4-7,10-11,18-22H,2-3,8-9,12-15H2,1H3/t19-,20+,21-,22-/m0/s1. The third kappa shape index (κ3) is 3.94. The van der Waals surface area contributed by atoms with E-state index in [1.165, 1.54) is 49.9 Å². The number of aryl methyl sites for hydroxylation is 1. The van der Waals surface area contributed by atoms with Gasteiger partial charge in [0.25, 0.3) is 0 Å². The number of pyridine rings is 1. The van der Waals surface area contributed by atoms with E-state index >= 15 is 0 Å². The van der Waals surface area contributed by atoms with Crippen molar-refractivity contribution >= 4 is 0 Å². The molecule has 0 spiro atoms. The molecule has 1 aliphatic heterocycles. The van der Waals surface area contributed by atoms with Gasteiger partial charge in [-0.05, 0) is 73.6 Å². The number of hydrogen-bond acceptors (Lipinski definition) is 4. The zero-order valence-corrected chi connectivity index (χ0v) is 16.2. The molecule has 0 amide bonds. The normalized spacial score (nSPS) is 31.1. The lowest BCUT2D eigenvalue weighted by Gasteiger charge is -2.38. The molecule has 4 atom stereocenters. The topological polar surface area (TPSA) is 43.2 Å². The van der Waals surface area contributed by atoms with Gasteiger partial charge in [-0.1, -0.05) is 0 Å². The maximum Gasteiger partial charge on any atom is 0.0802 e. The highest BCUT2D eigenvalue weighted by molar-refractivity contribution is 5.10. The van der Waals surface area contributed by atoms with Crippen LogP contribution in [0.2, 0.25) is 0 Å². The highest BCUT2D eigenvalue weighted by Gasteiger charge is 2.44. The van der Waals surface area contributed by atoms with Crippen LogP contribution in [0.1, 0.15) is 42.9 Å².